The maximum absolute atomic E-state index is 2.72. The van der Waals surface area contributed by atoms with Crippen LogP contribution in [0.3, 0.4) is 0 Å². The van der Waals surface area contributed by atoms with Gasteiger partial charge in [-0.2, -0.15) is 0 Å². The third-order valence-corrected chi connectivity index (χ3v) is 23.0. The Balaban J connectivity index is 0.991. The fraction of sp³-hybridized carbons (Fsp3) is 0.0769. The van der Waals surface area contributed by atoms with Crippen LogP contribution < -0.4 is 26.2 Å². The van der Waals surface area contributed by atoms with Crippen LogP contribution in [-0.2, 0) is 10.8 Å². The summed E-state index contributed by atoms with van der Waals surface area (Å²) in [6.07, 6.45) is 0. The molecule has 0 N–H and O–H groups in total. The third-order valence-electron chi connectivity index (χ3n) is 23.0. The molecule has 3 nitrogen and oxygen atoms in total. The molecule has 0 spiro atoms. The van der Waals surface area contributed by atoms with E-state index in [0.717, 1.165) is 106 Å². The first-order valence-corrected chi connectivity index (χ1v) is 38.0. The van der Waals surface area contributed by atoms with Gasteiger partial charge in [0.15, 0.2) is 0 Å². The quantitative estimate of drug-likeness (QED) is 0.0999. The zero-order chi connectivity index (χ0) is 72.5. The maximum Gasteiger partial charge on any atom is 0.252 e. The molecule has 108 heavy (non-hydrogen) atoms. The van der Waals surface area contributed by atoms with Crippen LogP contribution in [-0.4, -0.2) is 11.3 Å². The lowest BCUT2D eigenvalue weighted by atomic mass is 9.33. The Morgan fingerprint density at radius 2 is 0.620 bits per heavy atom. The molecule has 0 saturated carbocycles. The number of nitrogens with zero attached hydrogens (tertiary/aromatic N) is 3. The Labute approximate surface area is 632 Å². The Kier molecular flexibility index (Phi) is 15.2. The maximum atomic E-state index is 2.72. The Morgan fingerprint density at radius 1 is 0.241 bits per heavy atom. The van der Waals surface area contributed by atoms with E-state index < -0.39 is 0 Å². The van der Waals surface area contributed by atoms with Crippen LogP contribution in [0.4, 0.5) is 34.1 Å². The second kappa shape index (κ2) is 25.4. The Bertz CT molecular complexity index is 6230. The molecule has 0 unspecified atom stereocenters. The van der Waals surface area contributed by atoms with Crippen LogP contribution in [0.1, 0.15) is 52.7 Å². The van der Waals surface area contributed by atoms with Crippen LogP contribution in [0.5, 0.6) is 0 Å². The number of aromatic nitrogens is 1. The predicted molar refractivity (Wildman–Crippen MR) is 463 cm³/mol. The zero-order valence-electron chi connectivity index (χ0n) is 61.6. The van der Waals surface area contributed by atoms with Gasteiger partial charge < -0.3 is 14.4 Å². The standard InChI is InChI=1S/C104H78BN3/c1-103(2,3)78-61-86(69-35-17-9-18-36-69)101(87(62-78)70-37-19-10-20-38-70)107-94-54-50-74(67-31-13-7-14-32-67)59-91(94)105-92-60-75(68-33-15-8-16-34-68)51-55-95(92)108(102-88(71-39-21-11-22-40-71)63-79(104(4,5)6)64-89(102)72-41-23-12-24-42-72)98-66-80(65-97(107)100(98)105)106-93-53-52-77(58-90(93)99-82-46-28-25-43-73(82)49-56-96(99)106)85-57-76-44-26-27-45-81(76)83-47-29-30-48-84(83)85/h7-66H,1-6H3. The van der Waals surface area contributed by atoms with Crippen LogP contribution >= 0.6 is 0 Å². The summed E-state index contributed by atoms with van der Waals surface area (Å²) in [4.78, 5) is 5.44. The molecule has 0 radical (unpaired) electrons. The smallest absolute Gasteiger partial charge is 0.252 e. The van der Waals surface area contributed by atoms with E-state index in [0.29, 0.717) is 0 Å². The molecule has 0 aliphatic carbocycles. The van der Waals surface area contributed by atoms with E-state index in [4.69, 9.17) is 0 Å². The number of rotatable bonds is 10. The van der Waals surface area contributed by atoms with Crippen molar-refractivity contribution in [1.29, 1.82) is 0 Å². The topological polar surface area (TPSA) is 11.4 Å². The molecule has 0 fully saturated rings. The van der Waals surface area contributed by atoms with Gasteiger partial charge in [-0.1, -0.05) is 333 Å². The van der Waals surface area contributed by atoms with Crippen molar-refractivity contribution < 1.29 is 0 Å². The van der Waals surface area contributed by atoms with Gasteiger partial charge in [0.1, 0.15) is 0 Å². The van der Waals surface area contributed by atoms with Crippen LogP contribution in [0.2, 0.25) is 0 Å². The van der Waals surface area contributed by atoms with Crippen molar-refractivity contribution in [3.63, 3.8) is 0 Å². The molecule has 0 saturated heterocycles. The SMILES string of the molecule is CC(C)(C)c1cc(-c2ccccc2)c(N2c3ccc(-c4ccccc4)cc3B3c4cc(-c5ccccc5)ccc4N(c4c(-c5ccccc5)cc(C(C)(C)C)cc4-c4ccccc4)c4cc(-n5c6ccc(-c7cc8ccccc8c8ccccc78)cc6c6c7ccccc7ccc65)cc2c43)c(-c2ccccc2)c1. The first-order chi connectivity index (χ1) is 52.9. The fourth-order valence-corrected chi connectivity index (χ4v) is 17.7. The highest BCUT2D eigenvalue weighted by Crippen LogP contribution is 2.56. The molecule has 512 valence electrons. The Hall–Kier alpha value is -13.0. The lowest BCUT2D eigenvalue weighted by Gasteiger charge is -2.46. The normalized spacial score (nSPS) is 12.7. The number of hydrogen-bond acceptors (Lipinski definition) is 2. The molecule has 1 aromatic heterocycles. The van der Waals surface area contributed by atoms with E-state index >= 15 is 0 Å². The van der Waals surface area contributed by atoms with Crippen molar-refractivity contribution in [2.24, 2.45) is 0 Å². The van der Waals surface area contributed by atoms with Crippen molar-refractivity contribution in [3.05, 3.63) is 375 Å². The van der Waals surface area contributed by atoms with E-state index in [1.54, 1.807) is 0 Å². The van der Waals surface area contributed by atoms with Gasteiger partial charge in [-0.15, -0.1) is 0 Å². The summed E-state index contributed by atoms with van der Waals surface area (Å²) in [6, 6.07) is 138. The van der Waals surface area contributed by atoms with Gasteiger partial charge in [0.2, 0.25) is 0 Å². The van der Waals surface area contributed by atoms with Crippen molar-refractivity contribution in [2.45, 2.75) is 52.4 Å². The van der Waals surface area contributed by atoms with E-state index in [2.05, 4.69) is 420 Å². The number of benzene rings is 17. The monoisotopic (exact) mass is 1380 g/mol. The minimum absolute atomic E-state index is 0.210. The first-order valence-electron chi connectivity index (χ1n) is 38.0. The van der Waals surface area contributed by atoms with Gasteiger partial charge in [-0.3, -0.25) is 0 Å². The first kappa shape index (κ1) is 64.6. The van der Waals surface area contributed by atoms with Gasteiger partial charge in [0, 0.05) is 55.8 Å². The van der Waals surface area contributed by atoms with Crippen molar-refractivity contribution >= 4 is 111 Å². The summed E-state index contributed by atoms with van der Waals surface area (Å²) in [5.74, 6) is 0. The van der Waals surface area contributed by atoms with E-state index in [9.17, 15) is 0 Å². The summed E-state index contributed by atoms with van der Waals surface area (Å²) in [6.45, 7) is 13.9. The molecular formula is C104H78BN3. The van der Waals surface area contributed by atoms with Gasteiger partial charge >= 0.3 is 0 Å². The number of hydrogen-bond donors (Lipinski definition) is 0. The number of fused-ring (bicyclic) bond motifs is 12. The molecular weight excluding hydrogens is 1300 g/mol. The summed E-state index contributed by atoms with van der Waals surface area (Å²) >= 11 is 0. The molecule has 17 aromatic carbocycles. The van der Waals surface area contributed by atoms with Gasteiger partial charge in [0.05, 0.1) is 28.1 Å². The highest BCUT2D eigenvalue weighted by Gasteiger charge is 2.46. The molecule has 3 heterocycles. The third kappa shape index (κ3) is 10.6. The minimum atomic E-state index is -0.279. The molecule has 20 rings (SSSR count). The second-order valence-corrected chi connectivity index (χ2v) is 31.5. The lowest BCUT2D eigenvalue weighted by Crippen LogP contribution is -2.61. The highest BCUT2D eigenvalue weighted by atomic mass is 15.2. The lowest BCUT2D eigenvalue weighted by molar-refractivity contribution is 0.590. The van der Waals surface area contributed by atoms with Gasteiger partial charge in [0.25, 0.3) is 6.71 Å². The average molecular weight is 1380 g/mol. The molecule has 18 aromatic rings. The van der Waals surface area contributed by atoms with Gasteiger partial charge in [-0.05, 0) is 199 Å². The highest BCUT2D eigenvalue weighted by molar-refractivity contribution is 7.00. The zero-order valence-corrected chi connectivity index (χ0v) is 61.6. The molecule has 2 aliphatic heterocycles. The minimum Gasteiger partial charge on any atom is -0.310 e. The van der Waals surface area contributed by atoms with E-state index in [-0.39, 0.29) is 17.5 Å². The largest absolute Gasteiger partial charge is 0.310 e. The molecule has 0 amide bonds. The molecule has 0 atom stereocenters. The molecule has 0 bridgehead atoms. The summed E-state index contributed by atoms with van der Waals surface area (Å²) in [5.41, 5.74) is 32.1. The number of anilines is 6. The van der Waals surface area contributed by atoms with Crippen LogP contribution in [0.25, 0.3) is 138 Å². The molecule has 4 heteroatoms. The molecule has 2 aliphatic rings. The average Bonchev–Trinajstić information content (AvgIpc) is 1.30. The summed E-state index contributed by atoms with van der Waals surface area (Å²) < 4.78 is 2.61. The predicted octanol–water partition coefficient (Wildman–Crippen LogP) is 26.6. The van der Waals surface area contributed by atoms with Gasteiger partial charge in [-0.25, -0.2) is 0 Å². The van der Waals surface area contributed by atoms with Crippen LogP contribution in [0.15, 0.2) is 364 Å². The van der Waals surface area contributed by atoms with Crippen molar-refractivity contribution in [2.75, 3.05) is 9.80 Å². The van der Waals surface area contributed by atoms with E-state index in [1.807, 2.05) is 0 Å². The Morgan fingerprint density at radius 3 is 1.07 bits per heavy atom. The fourth-order valence-electron chi connectivity index (χ4n) is 17.7. The van der Waals surface area contributed by atoms with E-state index in [1.165, 1.54) is 92.9 Å². The summed E-state index contributed by atoms with van der Waals surface area (Å²) in [5, 5.41) is 9.80. The van der Waals surface area contributed by atoms with Crippen LogP contribution in [0, 0.1) is 0 Å². The second-order valence-electron chi connectivity index (χ2n) is 31.5. The van der Waals surface area contributed by atoms with Crippen molar-refractivity contribution in [3.8, 4) is 83.6 Å². The summed E-state index contributed by atoms with van der Waals surface area (Å²) in [7, 11) is 0. The van der Waals surface area contributed by atoms with Crippen molar-refractivity contribution in [1.82, 2.24) is 4.57 Å².